The van der Waals surface area contributed by atoms with E-state index in [1.165, 1.54) is 11.1 Å². The van der Waals surface area contributed by atoms with Crippen molar-refractivity contribution in [1.29, 1.82) is 0 Å². The van der Waals surface area contributed by atoms with Gasteiger partial charge in [-0.15, -0.1) is 0 Å². The maximum absolute atomic E-state index is 12.2. The molecule has 0 bridgehead atoms. The van der Waals surface area contributed by atoms with E-state index < -0.39 is 0 Å². The van der Waals surface area contributed by atoms with Crippen molar-refractivity contribution in [1.82, 2.24) is 0 Å². The van der Waals surface area contributed by atoms with E-state index in [1.807, 2.05) is 0 Å². The molecular weight excluding hydrogens is 210 g/mol. The lowest BCUT2D eigenvalue weighted by molar-refractivity contribution is -0.121. The van der Waals surface area contributed by atoms with Crippen LogP contribution >= 0.6 is 0 Å². The summed E-state index contributed by atoms with van der Waals surface area (Å²) in [5.74, 6) is 0.749. The predicted molar refractivity (Wildman–Crippen MR) is 71.2 cm³/mol. The highest BCUT2D eigenvalue weighted by Crippen LogP contribution is 2.41. The van der Waals surface area contributed by atoms with Gasteiger partial charge < -0.3 is 5.32 Å². The molecule has 1 aromatic carbocycles. The normalized spacial score (nSPS) is 23.1. The Kier molecular flexibility index (Phi) is 3.51. The quantitative estimate of drug-likeness (QED) is 0.841. The fraction of sp³-hybridized carbons (Fsp3) is 0.533. The summed E-state index contributed by atoms with van der Waals surface area (Å²) in [6.07, 6.45) is 3.09. The molecule has 0 aliphatic carbocycles. The van der Waals surface area contributed by atoms with Gasteiger partial charge in [-0.2, -0.15) is 0 Å². The average molecular weight is 231 g/mol. The number of carbonyl (C=O) groups excluding carboxylic acids is 1. The van der Waals surface area contributed by atoms with Crippen LogP contribution in [-0.2, 0) is 4.79 Å². The molecule has 2 heteroatoms. The zero-order valence-electron chi connectivity index (χ0n) is 10.9. The topological polar surface area (TPSA) is 29.1 Å². The van der Waals surface area contributed by atoms with Crippen LogP contribution in [0.5, 0.6) is 0 Å². The van der Waals surface area contributed by atoms with Crippen molar-refractivity contribution in [3.8, 4) is 0 Å². The van der Waals surface area contributed by atoms with Gasteiger partial charge in [0.05, 0.1) is 0 Å². The highest BCUT2D eigenvalue weighted by Gasteiger charge is 2.34. The summed E-state index contributed by atoms with van der Waals surface area (Å²) in [5, 5.41) is 3.09. The molecule has 1 aliphatic rings. The summed E-state index contributed by atoms with van der Waals surface area (Å²) in [4.78, 5) is 12.2. The number of carbonyl (C=O) groups is 1. The van der Waals surface area contributed by atoms with E-state index in [2.05, 4.69) is 44.3 Å². The van der Waals surface area contributed by atoms with E-state index in [1.54, 1.807) is 0 Å². The summed E-state index contributed by atoms with van der Waals surface area (Å²) in [6, 6.07) is 6.32. The van der Waals surface area contributed by atoms with Gasteiger partial charge in [0.1, 0.15) is 0 Å². The van der Waals surface area contributed by atoms with Crippen LogP contribution in [0.4, 0.5) is 5.69 Å². The van der Waals surface area contributed by atoms with E-state index in [4.69, 9.17) is 0 Å². The van der Waals surface area contributed by atoms with E-state index >= 15 is 0 Å². The number of benzene rings is 1. The molecule has 2 unspecified atom stereocenters. The zero-order chi connectivity index (χ0) is 12.4. The van der Waals surface area contributed by atoms with Crippen LogP contribution in [0.3, 0.4) is 0 Å². The van der Waals surface area contributed by atoms with Crippen LogP contribution in [0.1, 0.15) is 50.2 Å². The molecule has 2 nitrogen and oxygen atoms in total. The van der Waals surface area contributed by atoms with Gasteiger partial charge in [-0.25, -0.2) is 0 Å². The van der Waals surface area contributed by atoms with Crippen LogP contribution in [0.15, 0.2) is 18.2 Å². The molecule has 0 fully saturated rings. The SMILES string of the molecule is CCCC1C(=O)Nc2c(C)cccc2C1CC. The minimum absolute atomic E-state index is 0.152. The Morgan fingerprint density at radius 1 is 1.24 bits per heavy atom. The molecule has 2 atom stereocenters. The number of rotatable bonds is 3. The van der Waals surface area contributed by atoms with Gasteiger partial charge in [0.2, 0.25) is 5.91 Å². The summed E-state index contributed by atoms with van der Waals surface area (Å²) < 4.78 is 0. The lowest BCUT2D eigenvalue weighted by Gasteiger charge is -2.33. The third-order valence-electron chi connectivity index (χ3n) is 3.81. The number of hydrogen-bond acceptors (Lipinski definition) is 1. The zero-order valence-corrected chi connectivity index (χ0v) is 10.9. The van der Waals surface area contributed by atoms with Crippen molar-refractivity contribution < 1.29 is 4.79 Å². The second-order valence-corrected chi connectivity index (χ2v) is 4.94. The van der Waals surface area contributed by atoms with Crippen molar-refractivity contribution in [2.75, 3.05) is 5.32 Å². The molecule has 1 aliphatic heterocycles. The van der Waals surface area contributed by atoms with Crippen LogP contribution in [-0.4, -0.2) is 5.91 Å². The number of fused-ring (bicyclic) bond motifs is 1. The highest BCUT2D eigenvalue weighted by molar-refractivity contribution is 5.97. The second-order valence-electron chi connectivity index (χ2n) is 4.94. The van der Waals surface area contributed by atoms with Gasteiger partial charge >= 0.3 is 0 Å². The summed E-state index contributed by atoms with van der Waals surface area (Å²) in [7, 11) is 0. The number of anilines is 1. The smallest absolute Gasteiger partial charge is 0.228 e. The van der Waals surface area contributed by atoms with E-state index in [-0.39, 0.29) is 11.8 Å². The largest absolute Gasteiger partial charge is 0.325 e. The molecule has 1 aromatic rings. The molecular formula is C15H21NO. The van der Waals surface area contributed by atoms with Crippen molar-refractivity contribution in [3.63, 3.8) is 0 Å². The van der Waals surface area contributed by atoms with Gasteiger partial charge in [0.15, 0.2) is 0 Å². The van der Waals surface area contributed by atoms with Crippen LogP contribution in [0, 0.1) is 12.8 Å². The second kappa shape index (κ2) is 4.91. The first-order valence-electron chi connectivity index (χ1n) is 6.59. The summed E-state index contributed by atoms with van der Waals surface area (Å²) in [5.41, 5.74) is 3.55. The number of amides is 1. The van der Waals surface area contributed by atoms with Gasteiger partial charge in [-0.3, -0.25) is 4.79 Å². The minimum Gasteiger partial charge on any atom is -0.325 e. The van der Waals surface area contributed by atoms with Gasteiger partial charge in [0, 0.05) is 11.6 Å². The molecule has 0 spiro atoms. The molecule has 17 heavy (non-hydrogen) atoms. The first kappa shape index (κ1) is 12.2. The minimum atomic E-state index is 0.152. The van der Waals surface area contributed by atoms with Gasteiger partial charge in [-0.1, -0.05) is 38.5 Å². The molecule has 92 valence electrons. The Hall–Kier alpha value is -1.31. The maximum Gasteiger partial charge on any atom is 0.228 e. The number of nitrogens with one attached hydrogen (secondary N) is 1. The molecule has 0 saturated heterocycles. The monoisotopic (exact) mass is 231 g/mol. The Bertz CT molecular complexity index is 425. The van der Waals surface area contributed by atoms with E-state index in [0.29, 0.717) is 5.92 Å². The predicted octanol–water partition coefficient (Wildman–Crippen LogP) is 3.86. The number of para-hydroxylation sites is 1. The molecule has 1 heterocycles. The van der Waals surface area contributed by atoms with Crippen LogP contribution in [0.2, 0.25) is 0 Å². The van der Waals surface area contributed by atoms with E-state index in [9.17, 15) is 4.79 Å². The van der Waals surface area contributed by atoms with Crippen molar-refractivity contribution in [2.24, 2.45) is 5.92 Å². The molecule has 1 N–H and O–H groups in total. The Balaban J connectivity index is 2.44. The molecule has 0 aromatic heterocycles. The molecule has 0 radical (unpaired) electrons. The maximum atomic E-state index is 12.2. The first-order chi connectivity index (χ1) is 8.19. The summed E-state index contributed by atoms with van der Waals surface area (Å²) >= 11 is 0. The first-order valence-corrected chi connectivity index (χ1v) is 6.59. The van der Waals surface area contributed by atoms with Gasteiger partial charge in [-0.05, 0) is 36.8 Å². The van der Waals surface area contributed by atoms with Crippen molar-refractivity contribution >= 4 is 11.6 Å². The fourth-order valence-electron chi connectivity index (χ4n) is 2.93. The fourth-order valence-corrected chi connectivity index (χ4v) is 2.93. The third kappa shape index (κ3) is 2.08. The van der Waals surface area contributed by atoms with Gasteiger partial charge in [0.25, 0.3) is 0 Å². The number of aryl methyl sites for hydroxylation is 1. The van der Waals surface area contributed by atoms with Crippen LogP contribution < -0.4 is 5.32 Å². The Morgan fingerprint density at radius 3 is 2.65 bits per heavy atom. The Morgan fingerprint density at radius 2 is 2.00 bits per heavy atom. The third-order valence-corrected chi connectivity index (χ3v) is 3.81. The van der Waals surface area contributed by atoms with Crippen molar-refractivity contribution in [3.05, 3.63) is 29.3 Å². The average Bonchev–Trinajstić information content (AvgIpc) is 2.32. The standard InChI is InChI=1S/C15H21NO/c1-4-7-13-11(5-2)12-9-6-8-10(3)14(12)16-15(13)17/h6,8-9,11,13H,4-5,7H2,1-3H3,(H,16,17). The van der Waals surface area contributed by atoms with Crippen LogP contribution in [0.25, 0.3) is 0 Å². The van der Waals surface area contributed by atoms with E-state index in [0.717, 1.165) is 24.9 Å². The van der Waals surface area contributed by atoms with Crippen molar-refractivity contribution in [2.45, 2.75) is 46.0 Å². The highest BCUT2D eigenvalue weighted by atomic mass is 16.2. The molecule has 2 rings (SSSR count). The lowest BCUT2D eigenvalue weighted by Crippen LogP contribution is -2.33. The number of hydrogen-bond donors (Lipinski definition) is 1. The Labute approximate surface area is 103 Å². The lowest BCUT2D eigenvalue weighted by atomic mass is 9.77. The summed E-state index contributed by atoms with van der Waals surface area (Å²) in [6.45, 7) is 6.38. The molecule has 1 amide bonds. The molecule has 0 saturated carbocycles.